The molecular formula is C22H30N4O2. The summed E-state index contributed by atoms with van der Waals surface area (Å²) >= 11 is 0. The van der Waals surface area contributed by atoms with E-state index < -0.39 is 0 Å². The number of aromatic nitrogens is 2. The van der Waals surface area contributed by atoms with Crippen LogP contribution < -0.4 is 0 Å². The van der Waals surface area contributed by atoms with Crippen molar-refractivity contribution in [2.75, 3.05) is 26.2 Å². The Morgan fingerprint density at radius 2 is 1.86 bits per heavy atom. The van der Waals surface area contributed by atoms with E-state index in [2.05, 4.69) is 40.2 Å². The molecule has 1 saturated carbocycles. The van der Waals surface area contributed by atoms with Crippen molar-refractivity contribution in [2.24, 2.45) is 0 Å². The summed E-state index contributed by atoms with van der Waals surface area (Å²) in [5, 5.41) is 8.26. The summed E-state index contributed by atoms with van der Waals surface area (Å²) in [5.74, 6) is 1.36. The van der Waals surface area contributed by atoms with Crippen LogP contribution >= 0.6 is 0 Å². The Kier molecular flexibility index (Phi) is 6.05. The fourth-order valence-corrected chi connectivity index (χ4v) is 4.44. The van der Waals surface area contributed by atoms with E-state index in [-0.39, 0.29) is 5.91 Å². The van der Waals surface area contributed by atoms with Crippen molar-refractivity contribution in [2.45, 2.75) is 57.9 Å². The highest BCUT2D eigenvalue weighted by atomic mass is 16.4. The molecule has 1 aliphatic heterocycles. The van der Waals surface area contributed by atoms with E-state index >= 15 is 0 Å². The molecule has 0 unspecified atom stereocenters. The molecule has 150 valence electrons. The van der Waals surface area contributed by atoms with Crippen molar-refractivity contribution in [1.29, 1.82) is 0 Å². The number of rotatable bonds is 6. The van der Waals surface area contributed by atoms with Gasteiger partial charge in [-0.15, -0.1) is 10.2 Å². The molecule has 1 aromatic heterocycles. The number of carbonyl (C=O) groups is 1. The van der Waals surface area contributed by atoms with Crippen molar-refractivity contribution in [1.82, 2.24) is 20.0 Å². The molecule has 2 heterocycles. The van der Waals surface area contributed by atoms with Gasteiger partial charge in [-0.3, -0.25) is 9.69 Å². The van der Waals surface area contributed by atoms with Crippen LogP contribution in [0, 0.1) is 6.92 Å². The molecule has 2 fully saturated rings. The maximum atomic E-state index is 12.6. The monoisotopic (exact) mass is 382 g/mol. The molecular weight excluding hydrogens is 352 g/mol. The van der Waals surface area contributed by atoms with Crippen molar-refractivity contribution < 1.29 is 9.21 Å². The second kappa shape index (κ2) is 8.86. The zero-order chi connectivity index (χ0) is 19.3. The lowest BCUT2D eigenvalue weighted by Gasteiger charge is -2.38. The van der Waals surface area contributed by atoms with E-state index in [0.29, 0.717) is 31.0 Å². The molecule has 1 aliphatic carbocycles. The van der Waals surface area contributed by atoms with Gasteiger partial charge in [-0.2, -0.15) is 0 Å². The van der Waals surface area contributed by atoms with Gasteiger partial charge in [-0.1, -0.05) is 42.7 Å². The SMILES string of the molecule is Cc1cccc(Cc2nnc(CCC(=O)N3CCN(C4CCCC4)CC3)o2)c1. The lowest BCUT2D eigenvalue weighted by Crippen LogP contribution is -2.51. The molecule has 0 N–H and O–H groups in total. The molecule has 28 heavy (non-hydrogen) atoms. The number of amides is 1. The maximum absolute atomic E-state index is 12.6. The summed E-state index contributed by atoms with van der Waals surface area (Å²) in [4.78, 5) is 17.1. The van der Waals surface area contributed by atoms with Gasteiger partial charge >= 0.3 is 0 Å². The minimum atomic E-state index is 0.199. The van der Waals surface area contributed by atoms with Gasteiger partial charge < -0.3 is 9.32 Å². The number of aryl methyl sites for hydroxylation is 2. The summed E-state index contributed by atoms with van der Waals surface area (Å²) in [6, 6.07) is 9.04. The van der Waals surface area contributed by atoms with E-state index in [1.807, 2.05) is 11.0 Å². The summed E-state index contributed by atoms with van der Waals surface area (Å²) < 4.78 is 5.75. The fourth-order valence-electron chi connectivity index (χ4n) is 4.44. The highest BCUT2D eigenvalue weighted by molar-refractivity contribution is 5.76. The first kappa shape index (κ1) is 19.1. The zero-order valence-electron chi connectivity index (χ0n) is 16.8. The largest absolute Gasteiger partial charge is 0.425 e. The predicted molar refractivity (Wildman–Crippen MR) is 107 cm³/mol. The lowest BCUT2D eigenvalue weighted by molar-refractivity contribution is -0.133. The molecule has 6 heteroatoms. The van der Waals surface area contributed by atoms with E-state index in [4.69, 9.17) is 4.42 Å². The van der Waals surface area contributed by atoms with Crippen LogP contribution in [0.1, 0.15) is 55.0 Å². The Balaban J connectivity index is 1.22. The number of carbonyl (C=O) groups excluding carboxylic acids is 1. The first-order chi connectivity index (χ1) is 13.7. The van der Waals surface area contributed by atoms with E-state index in [9.17, 15) is 4.79 Å². The molecule has 0 atom stereocenters. The predicted octanol–water partition coefficient (Wildman–Crippen LogP) is 2.99. The van der Waals surface area contributed by atoms with Crippen molar-refractivity contribution in [3.05, 3.63) is 47.2 Å². The van der Waals surface area contributed by atoms with E-state index in [1.165, 1.54) is 31.2 Å². The number of nitrogens with zero attached hydrogens (tertiary/aromatic N) is 4. The normalized spacial score (nSPS) is 18.7. The van der Waals surface area contributed by atoms with Crippen LogP contribution in [-0.2, 0) is 17.6 Å². The van der Waals surface area contributed by atoms with Gasteiger partial charge in [0.25, 0.3) is 0 Å². The van der Waals surface area contributed by atoms with Crippen molar-refractivity contribution >= 4 is 5.91 Å². The minimum Gasteiger partial charge on any atom is -0.425 e. The Bertz CT molecular complexity index is 789. The van der Waals surface area contributed by atoms with Crippen LogP contribution in [0.15, 0.2) is 28.7 Å². The number of hydrogen-bond acceptors (Lipinski definition) is 5. The van der Waals surface area contributed by atoms with Gasteiger partial charge in [0.15, 0.2) is 0 Å². The average Bonchev–Trinajstić information content (AvgIpc) is 3.39. The number of piperazine rings is 1. The first-order valence-electron chi connectivity index (χ1n) is 10.6. The second-order valence-electron chi connectivity index (χ2n) is 8.11. The van der Waals surface area contributed by atoms with Gasteiger partial charge in [0.2, 0.25) is 17.7 Å². The first-order valence-corrected chi connectivity index (χ1v) is 10.6. The van der Waals surface area contributed by atoms with Gasteiger partial charge in [0.05, 0.1) is 6.42 Å². The van der Waals surface area contributed by atoms with Gasteiger partial charge in [-0.05, 0) is 25.3 Å². The highest BCUT2D eigenvalue weighted by Crippen LogP contribution is 2.24. The fraction of sp³-hybridized carbons (Fsp3) is 0.591. The quantitative estimate of drug-likeness (QED) is 0.769. The standard InChI is InChI=1S/C22H30N4O2/c1-17-5-4-6-18(15-17)16-21-24-23-20(28-21)9-10-22(27)26-13-11-25(12-14-26)19-7-2-3-8-19/h4-6,15,19H,2-3,7-14,16H2,1H3. The van der Waals surface area contributed by atoms with Crippen LogP contribution in [0.2, 0.25) is 0 Å². The average molecular weight is 383 g/mol. The smallest absolute Gasteiger partial charge is 0.223 e. The molecule has 1 saturated heterocycles. The van der Waals surface area contributed by atoms with Crippen LogP contribution in [0.5, 0.6) is 0 Å². The van der Waals surface area contributed by atoms with E-state index in [1.54, 1.807) is 0 Å². The molecule has 2 aromatic rings. The summed E-state index contributed by atoms with van der Waals surface area (Å²) in [6.07, 6.45) is 6.97. The van der Waals surface area contributed by atoms with Crippen LogP contribution in [0.4, 0.5) is 0 Å². The Morgan fingerprint density at radius 3 is 2.61 bits per heavy atom. The number of hydrogen-bond donors (Lipinski definition) is 0. The Morgan fingerprint density at radius 1 is 1.11 bits per heavy atom. The maximum Gasteiger partial charge on any atom is 0.223 e. The third kappa shape index (κ3) is 4.79. The Hall–Kier alpha value is -2.21. The molecule has 6 nitrogen and oxygen atoms in total. The van der Waals surface area contributed by atoms with Gasteiger partial charge in [0, 0.05) is 45.1 Å². The number of benzene rings is 1. The molecule has 1 amide bonds. The molecule has 1 aromatic carbocycles. The van der Waals surface area contributed by atoms with E-state index in [0.717, 1.165) is 37.8 Å². The van der Waals surface area contributed by atoms with Crippen LogP contribution in [-0.4, -0.2) is 58.1 Å². The molecule has 0 bridgehead atoms. The third-order valence-corrected chi connectivity index (χ3v) is 6.01. The summed E-state index contributed by atoms with van der Waals surface area (Å²) in [6.45, 7) is 5.78. The minimum absolute atomic E-state index is 0.199. The van der Waals surface area contributed by atoms with Crippen molar-refractivity contribution in [3.63, 3.8) is 0 Å². The Labute approximate surface area is 166 Å². The van der Waals surface area contributed by atoms with Crippen molar-refractivity contribution in [3.8, 4) is 0 Å². The van der Waals surface area contributed by atoms with Crippen LogP contribution in [0.3, 0.4) is 0 Å². The van der Waals surface area contributed by atoms with Gasteiger partial charge in [-0.25, -0.2) is 0 Å². The molecule has 0 radical (unpaired) electrons. The molecule has 0 spiro atoms. The molecule has 4 rings (SSSR count). The summed E-state index contributed by atoms with van der Waals surface area (Å²) in [5.41, 5.74) is 2.38. The topological polar surface area (TPSA) is 62.5 Å². The van der Waals surface area contributed by atoms with Gasteiger partial charge in [0.1, 0.15) is 0 Å². The second-order valence-corrected chi connectivity index (χ2v) is 8.11. The third-order valence-electron chi connectivity index (χ3n) is 6.01. The highest BCUT2D eigenvalue weighted by Gasteiger charge is 2.27. The lowest BCUT2D eigenvalue weighted by atomic mass is 10.1. The van der Waals surface area contributed by atoms with Crippen LogP contribution in [0.25, 0.3) is 0 Å². The summed E-state index contributed by atoms with van der Waals surface area (Å²) in [7, 11) is 0. The molecule has 2 aliphatic rings. The zero-order valence-corrected chi connectivity index (χ0v) is 16.8.